The van der Waals surface area contributed by atoms with Crippen molar-refractivity contribution in [2.24, 2.45) is 0 Å². The van der Waals surface area contributed by atoms with Crippen LogP contribution in [-0.2, 0) is 79.2 Å². The highest BCUT2D eigenvalue weighted by atomic mass is 32.2. The van der Waals surface area contributed by atoms with Crippen molar-refractivity contribution in [3.05, 3.63) is 112 Å². The molecule has 0 bridgehead atoms. The molecule has 22 nitrogen and oxygen atoms in total. The van der Waals surface area contributed by atoms with Gasteiger partial charge in [0.1, 0.15) is 32.3 Å². The SMILES string of the molecule is COCCOCCSCC[Si]1(CCSCCOCCOC)C2=CC(=[N+](C)C)C=CC2=C(c2ccccc2C(=O)N(CCOCCOCCOCCC(=O)ON2C(=O)CCC2=O)Cc2ccc(S(=O)(=O)O)cc2S(=O)(=O)[O-])c2ccc(N(C)C)cc21. The highest BCUT2D eigenvalue weighted by Gasteiger charge is 2.47. The van der Waals surface area contributed by atoms with Crippen molar-refractivity contribution in [2.45, 2.75) is 47.7 Å². The van der Waals surface area contributed by atoms with Gasteiger partial charge in [0.15, 0.2) is 5.71 Å². The van der Waals surface area contributed by atoms with E-state index in [0.29, 0.717) is 56.3 Å². The van der Waals surface area contributed by atoms with Crippen LogP contribution in [-0.4, -0.2) is 229 Å². The molecule has 3 amide bonds. The number of fused-ring (bicyclic) bond motifs is 2. The first-order valence-electron chi connectivity index (χ1n) is 27.8. The van der Waals surface area contributed by atoms with E-state index in [2.05, 4.69) is 45.9 Å². The Morgan fingerprint density at radius 1 is 0.718 bits per heavy atom. The van der Waals surface area contributed by atoms with Gasteiger partial charge in [-0.1, -0.05) is 30.3 Å². The van der Waals surface area contributed by atoms with E-state index in [0.717, 1.165) is 75.3 Å². The molecule has 85 heavy (non-hydrogen) atoms. The molecule has 3 aromatic rings. The molecule has 3 aliphatic rings. The first kappa shape index (κ1) is 69.0. The minimum Gasteiger partial charge on any atom is -0.744 e. The Kier molecular flexibility index (Phi) is 27.5. The predicted molar refractivity (Wildman–Crippen MR) is 326 cm³/mol. The third kappa shape index (κ3) is 19.7. The van der Waals surface area contributed by atoms with E-state index in [1.165, 1.54) is 15.3 Å². The molecule has 1 N–H and O–H groups in total. The maximum Gasteiger partial charge on any atom is 0.335 e. The maximum absolute atomic E-state index is 15.6. The van der Waals surface area contributed by atoms with Gasteiger partial charge < -0.3 is 52.3 Å². The molecule has 0 aromatic heterocycles. The van der Waals surface area contributed by atoms with E-state index in [4.69, 9.17) is 38.0 Å². The summed E-state index contributed by atoms with van der Waals surface area (Å²) in [5.74, 6) is 0.841. The summed E-state index contributed by atoms with van der Waals surface area (Å²) in [4.78, 5) is 57.7. The smallest absolute Gasteiger partial charge is 0.335 e. The Hall–Kier alpha value is -5.11. The number of carbonyl (C=O) groups is 4. The normalized spacial score (nSPS) is 14.8. The zero-order valence-electron chi connectivity index (χ0n) is 49.1. The van der Waals surface area contributed by atoms with E-state index < -0.39 is 68.3 Å². The fourth-order valence-electron chi connectivity index (χ4n) is 9.77. The Balaban J connectivity index is 1.33. The molecular formula is C58H78N4O18S4Si. The van der Waals surface area contributed by atoms with E-state index >= 15 is 4.79 Å². The molecule has 6 rings (SSSR count). The molecular weight excluding hydrogens is 1200 g/mol. The lowest BCUT2D eigenvalue weighted by atomic mass is 9.87. The summed E-state index contributed by atoms with van der Waals surface area (Å²) in [6.07, 6.45) is 6.32. The van der Waals surface area contributed by atoms with Crippen LogP contribution >= 0.6 is 23.5 Å². The summed E-state index contributed by atoms with van der Waals surface area (Å²) in [6, 6.07) is 18.2. The number of ether oxygens (including phenoxy) is 7. The minimum absolute atomic E-state index is 0.0196. The third-order valence-electron chi connectivity index (χ3n) is 14.1. The van der Waals surface area contributed by atoms with Gasteiger partial charge in [0, 0.05) is 89.2 Å². The molecule has 0 radical (unpaired) electrons. The third-order valence-corrected chi connectivity index (χ3v) is 23.6. The van der Waals surface area contributed by atoms with Gasteiger partial charge in [0.2, 0.25) is 0 Å². The van der Waals surface area contributed by atoms with Gasteiger partial charge in [-0.15, -0.1) is 5.06 Å². The van der Waals surface area contributed by atoms with Gasteiger partial charge in [0.25, 0.3) is 27.8 Å². The average Bonchev–Trinajstić information content (AvgIpc) is 2.08. The van der Waals surface area contributed by atoms with E-state index in [1.54, 1.807) is 26.4 Å². The first-order valence-corrected chi connectivity index (χ1v) is 35.3. The van der Waals surface area contributed by atoms with Crippen molar-refractivity contribution in [1.82, 2.24) is 9.96 Å². The molecule has 1 aliphatic carbocycles. The number of hydrogen-bond acceptors (Lipinski definition) is 20. The van der Waals surface area contributed by atoms with Crippen LogP contribution in [0.1, 0.15) is 46.3 Å². The number of benzene rings is 3. The number of thioether (sulfide) groups is 2. The predicted octanol–water partition coefficient (Wildman–Crippen LogP) is 4.61. The summed E-state index contributed by atoms with van der Waals surface area (Å²) in [6.45, 7) is 2.84. The van der Waals surface area contributed by atoms with E-state index in [9.17, 15) is 40.3 Å². The van der Waals surface area contributed by atoms with Crippen LogP contribution in [0.2, 0.25) is 12.1 Å². The van der Waals surface area contributed by atoms with Crippen LogP contribution in [0.25, 0.3) is 5.57 Å². The molecule has 0 atom stereocenters. The molecule has 2 heterocycles. The number of carbonyl (C=O) groups excluding carboxylic acids is 4. The highest BCUT2D eigenvalue weighted by molar-refractivity contribution is 7.99. The van der Waals surface area contributed by atoms with Crippen molar-refractivity contribution < 1.29 is 87.7 Å². The second-order valence-electron chi connectivity index (χ2n) is 20.2. The van der Waals surface area contributed by atoms with Gasteiger partial charge in [-0.05, 0) is 98.2 Å². The second-order valence-corrected chi connectivity index (χ2v) is 29.7. The maximum atomic E-state index is 15.6. The van der Waals surface area contributed by atoms with Gasteiger partial charge in [-0.3, -0.25) is 18.9 Å². The number of allylic oxidation sites excluding steroid dienone is 5. The van der Waals surface area contributed by atoms with Gasteiger partial charge in [-0.2, -0.15) is 31.9 Å². The molecule has 1 saturated heterocycles. The molecule has 466 valence electrons. The number of anilines is 1. The number of amides is 3. The molecule has 2 aliphatic heterocycles. The lowest BCUT2D eigenvalue weighted by molar-refractivity contribution is -0.462. The molecule has 0 spiro atoms. The Morgan fingerprint density at radius 3 is 1.89 bits per heavy atom. The molecule has 0 unspecified atom stereocenters. The van der Waals surface area contributed by atoms with Crippen LogP contribution in [0, 0.1) is 0 Å². The van der Waals surface area contributed by atoms with Crippen LogP contribution in [0.3, 0.4) is 0 Å². The van der Waals surface area contributed by atoms with Crippen molar-refractivity contribution in [2.75, 3.05) is 156 Å². The monoisotopic (exact) mass is 1270 g/mol. The summed E-state index contributed by atoms with van der Waals surface area (Å²) < 4.78 is 114. The molecule has 1 fully saturated rings. The number of rotatable bonds is 38. The molecule has 0 saturated carbocycles. The molecule has 27 heteroatoms. The van der Waals surface area contributed by atoms with Gasteiger partial charge in [0.05, 0.1) is 95.5 Å². The highest BCUT2D eigenvalue weighted by Crippen LogP contribution is 2.46. The van der Waals surface area contributed by atoms with Crippen molar-refractivity contribution in [3.63, 3.8) is 0 Å². The Labute approximate surface area is 508 Å². The number of hydroxylamine groups is 2. The fourth-order valence-corrected chi connectivity index (χ4v) is 19.8. The van der Waals surface area contributed by atoms with Crippen molar-refractivity contribution >= 4 is 97.7 Å². The van der Waals surface area contributed by atoms with Gasteiger partial charge >= 0.3 is 5.97 Å². The van der Waals surface area contributed by atoms with Crippen LogP contribution in [0.4, 0.5) is 5.69 Å². The van der Waals surface area contributed by atoms with Gasteiger partial charge in [-0.25, -0.2) is 17.8 Å². The van der Waals surface area contributed by atoms with Crippen molar-refractivity contribution in [1.29, 1.82) is 0 Å². The lowest BCUT2D eigenvalue weighted by Crippen LogP contribution is -2.55. The topological polar surface area (TPSA) is 266 Å². The largest absolute Gasteiger partial charge is 0.744 e. The quantitative estimate of drug-likeness (QED) is 0.0270. The van der Waals surface area contributed by atoms with Crippen LogP contribution in [0.15, 0.2) is 99.5 Å². The zero-order chi connectivity index (χ0) is 61.6. The standard InChI is InChI=1S/C58H78N4O18S4Si/c1-59(2)44-12-15-49-52(39-44)85(37-35-81-33-31-78-25-23-73-5,38-36-82-34-32-79-26-24-74-6)53-40-45(60(3)4)13-16-50(53)57(49)47-9-7-8-10-48(47)58(66)61(42-43-11-14-46(83(67,68)69)41-51(43)84(70,71)72)20-22-76-28-30-77-29-27-75-21-19-56(65)80-62-54(63)17-18-55(62)64/h7-16,39-41H,17-38,42H2,1-6H3,(H-,67,68,69,70,71,72). The summed E-state index contributed by atoms with van der Waals surface area (Å²) in [7, 11) is -1.71. The summed E-state index contributed by atoms with van der Waals surface area (Å²) in [5, 5.41) is 2.93. The van der Waals surface area contributed by atoms with Crippen LogP contribution < -0.4 is 10.1 Å². The zero-order valence-corrected chi connectivity index (χ0v) is 53.3. The lowest BCUT2D eigenvalue weighted by Gasteiger charge is -2.43. The number of nitrogens with zero attached hydrogens (tertiary/aromatic N) is 4. The summed E-state index contributed by atoms with van der Waals surface area (Å²) >= 11 is 3.72. The number of imide groups is 1. The fraction of sp³-hybridized carbons (Fsp3) is 0.500. The molecule has 3 aromatic carbocycles. The Morgan fingerprint density at radius 2 is 1.31 bits per heavy atom. The van der Waals surface area contributed by atoms with E-state index in [-0.39, 0.29) is 76.6 Å². The first-order chi connectivity index (χ1) is 40.7. The number of methoxy groups -OCH3 is 2. The summed E-state index contributed by atoms with van der Waals surface area (Å²) in [5.41, 5.74) is 5.52. The Bertz CT molecular complexity index is 3130. The minimum atomic E-state index is -5.37. The number of hydrogen-bond donors (Lipinski definition) is 1. The average molecular weight is 1280 g/mol. The van der Waals surface area contributed by atoms with Crippen LogP contribution in [0.5, 0.6) is 0 Å². The van der Waals surface area contributed by atoms with Crippen molar-refractivity contribution in [3.8, 4) is 0 Å². The van der Waals surface area contributed by atoms with E-state index in [1.807, 2.05) is 63.8 Å². The second kappa shape index (κ2) is 33.9.